The van der Waals surface area contributed by atoms with Crippen molar-refractivity contribution in [2.24, 2.45) is 0 Å². The second-order valence-electron chi connectivity index (χ2n) is 9.64. The number of aliphatic hydroxyl groups is 1. The van der Waals surface area contributed by atoms with Crippen LogP contribution in [0.15, 0.2) is 35.9 Å². The van der Waals surface area contributed by atoms with Crippen LogP contribution in [0.5, 0.6) is 23.0 Å². The molecular formula is C30H39FN2O7. The Labute approximate surface area is 235 Å². The minimum atomic E-state index is -0.972. The molecule has 1 fully saturated rings. The highest BCUT2D eigenvalue weighted by atomic mass is 19.1. The zero-order valence-electron chi connectivity index (χ0n) is 24.2. The number of carbonyl (C=O) groups is 2. The fourth-order valence-corrected chi connectivity index (χ4v) is 4.87. The predicted octanol–water partition coefficient (Wildman–Crippen LogP) is 4.79. The first-order chi connectivity index (χ1) is 19.1. The Morgan fingerprint density at radius 2 is 1.62 bits per heavy atom. The number of likely N-dealkylation sites (tertiary alicyclic amines) is 1. The minimum Gasteiger partial charge on any atom is -0.507 e. The first-order valence-electron chi connectivity index (χ1n) is 13.4. The molecule has 1 N–H and O–H groups in total. The molecule has 1 atom stereocenters. The second-order valence-corrected chi connectivity index (χ2v) is 9.64. The number of hydrogen-bond acceptors (Lipinski definition) is 8. The lowest BCUT2D eigenvalue weighted by Crippen LogP contribution is -2.33. The SMILES string of the molecule is CCN(CC)CCCN1C(=O)C(=O)/C(=C(/O)c2ccc(OC(C)C)c(F)c2)[C@H]1c1cc(OC)c(OC)c(OC)c1. The molecule has 1 aliphatic rings. The third kappa shape index (κ3) is 6.33. The van der Waals surface area contributed by atoms with Crippen LogP contribution in [0.2, 0.25) is 0 Å². The third-order valence-corrected chi connectivity index (χ3v) is 6.88. The lowest BCUT2D eigenvalue weighted by Gasteiger charge is -2.27. The molecule has 1 aliphatic heterocycles. The molecule has 1 saturated heterocycles. The van der Waals surface area contributed by atoms with Gasteiger partial charge in [-0.05, 0) is 75.8 Å². The number of amides is 1. The molecule has 0 spiro atoms. The molecule has 0 bridgehead atoms. The predicted molar refractivity (Wildman–Crippen MR) is 150 cm³/mol. The molecule has 1 amide bonds. The molecule has 0 unspecified atom stereocenters. The number of halogens is 1. The van der Waals surface area contributed by atoms with Crippen LogP contribution in [0.25, 0.3) is 5.76 Å². The Morgan fingerprint density at radius 3 is 2.12 bits per heavy atom. The molecular weight excluding hydrogens is 519 g/mol. The highest BCUT2D eigenvalue weighted by molar-refractivity contribution is 6.46. The van der Waals surface area contributed by atoms with Crippen molar-refractivity contribution in [2.45, 2.75) is 46.3 Å². The number of carbonyl (C=O) groups excluding carboxylic acids is 2. The van der Waals surface area contributed by atoms with Gasteiger partial charge in [-0.1, -0.05) is 13.8 Å². The highest BCUT2D eigenvalue weighted by Gasteiger charge is 2.46. The summed E-state index contributed by atoms with van der Waals surface area (Å²) in [6.07, 6.45) is 0.349. The Hall–Kier alpha value is -3.79. The lowest BCUT2D eigenvalue weighted by atomic mass is 9.94. The molecule has 0 aliphatic carbocycles. The summed E-state index contributed by atoms with van der Waals surface area (Å²) >= 11 is 0. The van der Waals surface area contributed by atoms with E-state index in [1.807, 2.05) is 0 Å². The molecule has 0 aromatic heterocycles. The number of nitrogens with zero attached hydrogens (tertiary/aromatic N) is 2. The van der Waals surface area contributed by atoms with Crippen molar-refractivity contribution in [3.63, 3.8) is 0 Å². The van der Waals surface area contributed by atoms with Crippen molar-refractivity contribution in [1.29, 1.82) is 0 Å². The van der Waals surface area contributed by atoms with Crippen molar-refractivity contribution in [2.75, 3.05) is 47.5 Å². The van der Waals surface area contributed by atoms with Crippen molar-refractivity contribution in [1.82, 2.24) is 9.80 Å². The summed E-state index contributed by atoms with van der Waals surface area (Å²) in [5, 5.41) is 11.4. The zero-order chi connectivity index (χ0) is 29.6. The number of hydrogen-bond donors (Lipinski definition) is 1. The molecule has 0 radical (unpaired) electrons. The van der Waals surface area contributed by atoms with Gasteiger partial charge in [0, 0.05) is 12.1 Å². The van der Waals surface area contributed by atoms with Crippen LogP contribution in [-0.4, -0.2) is 80.2 Å². The molecule has 2 aromatic rings. The van der Waals surface area contributed by atoms with E-state index in [1.165, 1.54) is 38.4 Å². The van der Waals surface area contributed by atoms with E-state index in [1.54, 1.807) is 26.0 Å². The Kier molecular flexibility index (Phi) is 10.4. The van der Waals surface area contributed by atoms with Gasteiger partial charge in [0.15, 0.2) is 23.1 Å². The van der Waals surface area contributed by atoms with E-state index in [9.17, 15) is 19.1 Å². The van der Waals surface area contributed by atoms with Gasteiger partial charge < -0.3 is 33.9 Å². The fourth-order valence-electron chi connectivity index (χ4n) is 4.87. The number of benzene rings is 2. The summed E-state index contributed by atoms with van der Waals surface area (Å²) in [7, 11) is 4.40. The average Bonchev–Trinajstić information content (AvgIpc) is 3.19. The topological polar surface area (TPSA) is 97.8 Å². The van der Waals surface area contributed by atoms with Crippen LogP contribution in [0.1, 0.15) is 51.3 Å². The monoisotopic (exact) mass is 558 g/mol. The summed E-state index contributed by atoms with van der Waals surface area (Å²) in [6, 6.07) is 6.24. The van der Waals surface area contributed by atoms with E-state index in [4.69, 9.17) is 18.9 Å². The second kappa shape index (κ2) is 13.5. The summed E-state index contributed by atoms with van der Waals surface area (Å²) in [5.74, 6) is -1.78. The van der Waals surface area contributed by atoms with Crippen molar-refractivity contribution >= 4 is 17.4 Å². The fraction of sp³-hybridized carbons (Fsp3) is 0.467. The maximum absolute atomic E-state index is 14.8. The van der Waals surface area contributed by atoms with E-state index in [0.29, 0.717) is 29.2 Å². The number of ether oxygens (including phenoxy) is 4. The average molecular weight is 559 g/mol. The van der Waals surface area contributed by atoms with Crippen LogP contribution in [0.4, 0.5) is 4.39 Å². The summed E-state index contributed by atoms with van der Waals surface area (Å²) in [5.41, 5.74) is 0.365. The molecule has 9 nitrogen and oxygen atoms in total. The van der Waals surface area contributed by atoms with Gasteiger partial charge in [0.2, 0.25) is 5.75 Å². The van der Waals surface area contributed by atoms with Crippen LogP contribution in [0, 0.1) is 5.82 Å². The van der Waals surface area contributed by atoms with E-state index < -0.39 is 29.3 Å². The van der Waals surface area contributed by atoms with Gasteiger partial charge in [-0.3, -0.25) is 9.59 Å². The molecule has 0 saturated carbocycles. The quantitative estimate of drug-likeness (QED) is 0.213. The third-order valence-electron chi connectivity index (χ3n) is 6.88. The lowest BCUT2D eigenvalue weighted by molar-refractivity contribution is -0.140. The molecule has 10 heteroatoms. The van der Waals surface area contributed by atoms with E-state index in [-0.39, 0.29) is 29.5 Å². The molecule has 3 rings (SSSR count). The Morgan fingerprint density at radius 1 is 1.00 bits per heavy atom. The van der Waals surface area contributed by atoms with E-state index in [2.05, 4.69) is 18.7 Å². The standard InChI is InChI=1S/C30H39FN2O7/c1-8-32(9-2)13-10-14-33-26(20-16-23(37-5)29(39-7)24(17-20)38-6)25(28(35)30(33)36)27(34)19-11-12-22(21(31)15-19)40-18(3)4/h11-12,15-18,26,34H,8-10,13-14H2,1-7H3/b27-25+/t26-/m1/s1. The molecule has 218 valence electrons. The number of Topliss-reactive ketones (excluding diaryl/α,β-unsaturated/α-hetero) is 1. The summed E-state index contributed by atoms with van der Waals surface area (Å²) in [4.78, 5) is 30.4. The zero-order valence-corrected chi connectivity index (χ0v) is 24.2. The summed E-state index contributed by atoms with van der Waals surface area (Å²) in [6.45, 7) is 10.3. The first-order valence-corrected chi connectivity index (χ1v) is 13.4. The van der Waals surface area contributed by atoms with Gasteiger partial charge in [-0.25, -0.2) is 4.39 Å². The number of rotatable bonds is 13. The number of aliphatic hydroxyl groups excluding tert-OH is 1. The number of methoxy groups -OCH3 is 3. The van der Waals surface area contributed by atoms with Crippen molar-refractivity contribution in [3.05, 3.63) is 52.8 Å². The number of ketones is 1. The van der Waals surface area contributed by atoms with Gasteiger partial charge in [-0.15, -0.1) is 0 Å². The molecule has 2 aromatic carbocycles. The maximum Gasteiger partial charge on any atom is 0.295 e. The normalized spacial score (nSPS) is 16.6. The minimum absolute atomic E-state index is 0.0181. The van der Waals surface area contributed by atoms with Crippen molar-refractivity contribution in [3.8, 4) is 23.0 Å². The van der Waals surface area contributed by atoms with Gasteiger partial charge in [0.1, 0.15) is 5.76 Å². The molecule has 1 heterocycles. The maximum atomic E-state index is 14.8. The van der Waals surface area contributed by atoms with Gasteiger partial charge >= 0.3 is 0 Å². The Balaban J connectivity index is 2.17. The first kappa shape index (κ1) is 30.7. The molecule has 40 heavy (non-hydrogen) atoms. The smallest absolute Gasteiger partial charge is 0.295 e. The van der Waals surface area contributed by atoms with Gasteiger partial charge in [0.25, 0.3) is 11.7 Å². The largest absolute Gasteiger partial charge is 0.507 e. The van der Waals surface area contributed by atoms with Crippen LogP contribution < -0.4 is 18.9 Å². The van der Waals surface area contributed by atoms with Crippen LogP contribution in [-0.2, 0) is 9.59 Å². The Bertz CT molecular complexity index is 1230. The summed E-state index contributed by atoms with van der Waals surface area (Å²) < 4.78 is 36.8. The highest BCUT2D eigenvalue weighted by Crippen LogP contribution is 2.46. The van der Waals surface area contributed by atoms with Gasteiger partial charge in [0.05, 0.1) is 39.0 Å². The van der Waals surface area contributed by atoms with E-state index in [0.717, 1.165) is 25.7 Å². The van der Waals surface area contributed by atoms with Crippen molar-refractivity contribution < 1.29 is 38.0 Å². The van der Waals surface area contributed by atoms with Gasteiger partial charge in [-0.2, -0.15) is 0 Å². The van der Waals surface area contributed by atoms with E-state index >= 15 is 0 Å². The van der Waals surface area contributed by atoms with Crippen LogP contribution >= 0.6 is 0 Å². The van der Waals surface area contributed by atoms with Crippen LogP contribution in [0.3, 0.4) is 0 Å².